The number of fused-ring (bicyclic) bond motifs is 1. The highest BCUT2D eigenvalue weighted by Crippen LogP contribution is 2.33. The second-order valence-electron chi connectivity index (χ2n) is 6.13. The number of benzene rings is 1. The van der Waals surface area contributed by atoms with Crippen molar-refractivity contribution in [1.82, 2.24) is 15.5 Å². The summed E-state index contributed by atoms with van der Waals surface area (Å²) >= 11 is 0. The van der Waals surface area contributed by atoms with Gasteiger partial charge in [0.2, 0.25) is 0 Å². The Labute approximate surface area is 150 Å². The number of nitrogens with zero attached hydrogens (tertiary/aromatic N) is 2. The molecule has 0 saturated carbocycles. The Morgan fingerprint density at radius 3 is 2.73 bits per heavy atom. The van der Waals surface area contributed by atoms with E-state index in [9.17, 15) is 4.79 Å². The first-order valence-corrected chi connectivity index (χ1v) is 8.68. The Bertz CT molecular complexity index is 775. The molecule has 3 heterocycles. The van der Waals surface area contributed by atoms with E-state index in [0.717, 1.165) is 30.9 Å². The maximum atomic E-state index is 12.1. The van der Waals surface area contributed by atoms with E-state index < -0.39 is 0 Å². The van der Waals surface area contributed by atoms with Crippen molar-refractivity contribution in [3.8, 4) is 11.5 Å². The first kappa shape index (κ1) is 16.6. The molecule has 1 saturated heterocycles. The van der Waals surface area contributed by atoms with Gasteiger partial charge in [0.25, 0.3) is 5.91 Å². The van der Waals surface area contributed by atoms with E-state index in [2.05, 4.69) is 20.8 Å². The van der Waals surface area contributed by atoms with E-state index in [-0.39, 0.29) is 17.7 Å². The summed E-state index contributed by atoms with van der Waals surface area (Å²) in [6.45, 7) is 2.35. The van der Waals surface area contributed by atoms with Crippen LogP contribution in [0.3, 0.4) is 0 Å². The minimum Gasteiger partial charge on any atom is -0.486 e. The van der Waals surface area contributed by atoms with E-state index in [1.165, 1.54) is 0 Å². The lowest BCUT2D eigenvalue weighted by molar-refractivity contribution is 0.0853. The van der Waals surface area contributed by atoms with Crippen LogP contribution >= 0.6 is 0 Å². The molecule has 1 atom stereocenters. The number of nitrogens with one attached hydrogen (secondary N) is 2. The summed E-state index contributed by atoms with van der Waals surface area (Å²) in [5.41, 5.74) is 1.08. The van der Waals surface area contributed by atoms with Crippen LogP contribution in [-0.4, -0.2) is 48.6 Å². The van der Waals surface area contributed by atoms with Crippen LogP contribution in [0.2, 0.25) is 0 Å². The van der Waals surface area contributed by atoms with Gasteiger partial charge in [0.15, 0.2) is 23.0 Å². The van der Waals surface area contributed by atoms with Crippen LogP contribution in [0, 0.1) is 0 Å². The van der Waals surface area contributed by atoms with Crippen molar-refractivity contribution >= 4 is 17.4 Å². The van der Waals surface area contributed by atoms with Crippen molar-refractivity contribution in [2.75, 3.05) is 31.7 Å². The van der Waals surface area contributed by atoms with Gasteiger partial charge in [0.05, 0.1) is 6.10 Å². The summed E-state index contributed by atoms with van der Waals surface area (Å²) in [5, 5.41) is 14.0. The number of ether oxygens (including phenoxy) is 3. The predicted octanol–water partition coefficient (Wildman–Crippen LogP) is 1.90. The van der Waals surface area contributed by atoms with Crippen molar-refractivity contribution in [2.45, 2.75) is 18.9 Å². The molecule has 1 amide bonds. The van der Waals surface area contributed by atoms with Gasteiger partial charge in [-0.15, -0.1) is 10.2 Å². The van der Waals surface area contributed by atoms with Gasteiger partial charge in [0, 0.05) is 24.9 Å². The Morgan fingerprint density at radius 1 is 1.08 bits per heavy atom. The smallest absolute Gasteiger partial charge is 0.271 e. The van der Waals surface area contributed by atoms with E-state index in [0.29, 0.717) is 31.3 Å². The van der Waals surface area contributed by atoms with Crippen LogP contribution in [0.15, 0.2) is 30.3 Å². The molecule has 26 heavy (non-hydrogen) atoms. The zero-order valence-electron chi connectivity index (χ0n) is 14.2. The van der Waals surface area contributed by atoms with Crippen LogP contribution in [0.5, 0.6) is 11.5 Å². The van der Waals surface area contributed by atoms with Crippen LogP contribution < -0.4 is 20.1 Å². The number of hydrogen-bond acceptors (Lipinski definition) is 7. The van der Waals surface area contributed by atoms with Gasteiger partial charge in [-0.3, -0.25) is 4.79 Å². The molecule has 1 aromatic carbocycles. The topological polar surface area (TPSA) is 94.6 Å². The molecule has 2 aromatic rings. The van der Waals surface area contributed by atoms with Gasteiger partial charge in [-0.25, -0.2) is 0 Å². The maximum absolute atomic E-state index is 12.1. The number of hydrogen-bond donors (Lipinski definition) is 2. The third-order valence-electron chi connectivity index (χ3n) is 4.23. The Hall–Kier alpha value is -2.87. The fourth-order valence-electron chi connectivity index (χ4n) is 2.89. The molecule has 4 rings (SSSR count). The summed E-state index contributed by atoms with van der Waals surface area (Å²) in [4.78, 5) is 12.1. The van der Waals surface area contributed by atoms with Gasteiger partial charge in [-0.1, -0.05) is 0 Å². The number of carbonyl (C=O) groups is 1. The van der Waals surface area contributed by atoms with Gasteiger partial charge in [0.1, 0.15) is 13.2 Å². The molecule has 2 N–H and O–H groups in total. The molecule has 0 bridgehead atoms. The molecular formula is C18H20N4O4. The molecule has 1 fully saturated rings. The number of amides is 1. The zero-order chi connectivity index (χ0) is 17.8. The summed E-state index contributed by atoms with van der Waals surface area (Å²) in [7, 11) is 0. The van der Waals surface area contributed by atoms with Gasteiger partial charge in [-0.05, 0) is 37.1 Å². The average Bonchev–Trinajstić information content (AvgIpc) is 3.20. The molecule has 8 heteroatoms. The molecule has 2 aliphatic rings. The van der Waals surface area contributed by atoms with Crippen LogP contribution in [0.4, 0.5) is 11.5 Å². The highest BCUT2D eigenvalue weighted by molar-refractivity contribution is 5.92. The number of aromatic nitrogens is 2. The van der Waals surface area contributed by atoms with Crippen LogP contribution in [-0.2, 0) is 4.74 Å². The molecule has 1 unspecified atom stereocenters. The largest absolute Gasteiger partial charge is 0.486 e. The molecule has 0 radical (unpaired) electrons. The summed E-state index contributed by atoms with van der Waals surface area (Å²) < 4.78 is 16.5. The van der Waals surface area contributed by atoms with E-state index >= 15 is 0 Å². The minimum absolute atomic E-state index is 0.100. The number of carbonyl (C=O) groups excluding carboxylic acids is 1. The second kappa shape index (κ2) is 7.57. The third-order valence-corrected chi connectivity index (χ3v) is 4.23. The van der Waals surface area contributed by atoms with E-state index in [1.54, 1.807) is 12.1 Å². The normalized spacial score (nSPS) is 18.4. The fraction of sp³-hybridized carbons (Fsp3) is 0.389. The molecule has 1 aromatic heterocycles. The van der Waals surface area contributed by atoms with Gasteiger partial charge in [-0.2, -0.15) is 0 Å². The molecular weight excluding hydrogens is 336 g/mol. The number of anilines is 2. The van der Waals surface area contributed by atoms with Gasteiger partial charge < -0.3 is 24.8 Å². The lowest BCUT2D eigenvalue weighted by Crippen LogP contribution is -2.32. The van der Waals surface area contributed by atoms with Crippen molar-refractivity contribution in [2.24, 2.45) is 0 Å². The SMILES string of the molecule is O=C(NCC1CCCO1)c1ccc(Nc2ccc3c(c2)OCCO3)nn1. The van der Waals surface area contributed by atoms with E-state index in [1.807, 2.05) is 18.2 Å². The summed E-state index contributed by atoms with van der Waals surface area (Å²) in [6, 6.07) is 8.91. The fourth-order valence-corrected chi connectivity index (χ4v) is 2.89. The summed E-state index contributed by atoms with van der Waals surface area (Å²) in [6.07, 6.45) is 2.12. The molecule has 2 aliphatic heterocycles. The van der Waals surface area contributed by atoms with Crippen LogP contribution in [0.25, 0.3) is 0 Å². The Morgan fingerprint density at radius 2 is 1.96 bits per heavy atom. The van der Waals surface area contributed by atoms with Crippen molar-refractivity contribution in [3.05, 3.63) is 36.0 Å². The monoisotopic (exact) mass is 356 g/mol. The van der Waals surface area contributed by atoms with Crippen LogP contribution in [0.1, 0.15) is 23.3 Å². The quantitative estimate of drug-likeness (QED) is 0.845. The molecule has 0 aliphatic carbocycles. The summed E-state index contributed by atoms with van der Waals surface area (Å²) in [5.74, 6) is 1.71. The predicted molar refractivity (Wildman–Crippen MR) is 94.1 cm³/mol. The lowest BCUT2D eigenvalue weighted by Gasteiger charge is -2.19. The zero-order valence-corrected chi connectivity index (χ0v) is 14.2. The first-order valence-electron chi connectivity index (χ1n) is 8.68. The maximum Gasteiger partial charge on any atom is 0.271 e. The number of rotatable bonds is 5. The van der Waals surface area contributed by atoms with Crippen molar-refractivity contribution in [3.63, 3.8) is 0 Å². The van der Waals surface area contributed by atoms with Crippen molar-refractivity contribution < 1.29 is 19.0 Å². The standard InChI is InChI=1S/C18H20N4O4/c23-18(19-11-13-2-1-7-24-13)14-4-6-17(22-21-14)20-12-3-5-15-16(10-12)26-9-8-25-15/h3-6,10,13H,1-2,7-9,11H2,(H,19,23)(H,20,22). The Balaban J connectivity index is 1.35. The minimum atomic E-state index is -0.251. The average molecular weight is 356 g/mol. The highest BCUT2D eigenvalue weighted by Gasteiger charge is 2.17. The highest BCUT2D eigenvalue weighted by atomic mass is 16.6. The lowest BCUT2D eigenvalue weighted by atomic mass is 10.2. The molecule has 136 valence electrons. The molecule has 0 spiro atoms. The van der Waals surface area contributed by atoms with Crippen molar-refractivity contribution in [1.29, 1.82) is 0 Å². The first-order chi connectivity index (χ1) is 12.8. The third kappa shape index (κ3) is 3.85. The van der Waals surface area contributed by atoms with E-state index in [4.69, 9.17) is 14.2 Å². The Kier molecular flexibility index (Phi) is 4.83. The molecule has 8 nitrogen and oxygen atoms in total. The van der Waals surface area contributed by atoms with Gasteiger partial charge >= 0.3 is 0 Å². The second-order valence-corrected chi connectivity index (χ2v) is 6.13.